The van der Waals surface area contributed by atoms with Gasteiger partial charge in [-0.1, -0.05) is 0 Å². The first-order chi connectivity index (χ1) is 8.01. The van der Waals surface area contributed by atoms with Crippen molar-refractivity contribution < 1.29 is 9.59 Å². The molecule has 0 saturated carbocycles. The van der Waals surface area contributed by atoms with Crippen LogP contribution in [-0.4, -0.2) is 33.9 Å². The average Bonchev–Trinajstić information content (AvgIpc) is 2.48. The van der Waals surface area contributed by atoms with Gasteiger partial charge in [0.2, 0.25) is 0 Å². The van der Waals surface area contributed by atoms with Gasteiger partial charge < -0.3 is 4.90 Å². The number of hydrogen-bond acceptors (Lipinski definition) is 3. The van der Waals surface area contributed by atoms with Gasteiger partial charge in [-0.15, -0.1) is 0 Å². The lowest BCUT2D eigenvalue weighted by Crippen LogP contribution is -2.45. The first kappa shape index (κ1) is 11.6. The number of aromatic nitrogens is 1. The number of nitrogens with one attached hydrogen (secondary N) is 1. The van der Waals surface area contributed by atoms with E-state index in [1.54, 1.807) is 31.1 Å². The summed E-state index contributed by atoms with van der Waals surface area (Å²) in [6, 6.07) is 3.50. The van der Waals surface area contributed by atoms with E-state index in [0.717, 1.165) is 5.56 Å². The molecule has 1 saturated heterocycles. The highest BCUT2D eigenvalue weighted by molar-refractivity contribution is 6.06. The fourth-order valence-electron chi connectivity index (χ4n) is 1.87. The van der Waals surface area contributed by atoms with E-state index in [1.807, 2.05) is 12.1 Å². The Labute approximate surface area is 99.8 Å². The Morgan fingerprint density at radius 2 is 1.94 bits per heavy atom. The largest absolute Gasteiger partial charge is 0.325 e. The quantitative estimate of drug-likeness (QED) is 0.791. The zero-order chi connectivity index (χ0) is 12.5. The van der Waals surface area contributed by atoms with Gasteiger partial charge in [-0.3, -0.25) is 15.1 Å². The molecule has 1 fully saturated rings. The predicted octanol–water partition coefficient (Wildman–Crippen LogP) is 0.954. The Hall–Kier alpha value is -1.91. The van der Waals surface area contributed by atoms with Crippen molar-refractivity contribution in [3.05, 3.63) is 30.1 Å². The third kappa shape index (κ3) is 2.13. The number of rotatable bonds is 3. The van der Waals surface area contributed by atoms with Crippen LogP contribution in [0.5, 0.6) is 0 Å². The first-order valence-corrected chi connectivity index (χ1v) is 5.54. The third-order valence-electron chi connectivity index (χ3n) is 3.07. The summed E-state index contributed by atoms with van der Waals surface area (Å²) < 4.78 is 0. The van der Waals surface area contributed by atoms with Crippen molar-refractivity contribution in [2.75, 3.05) is 6.54 Å². The molecular weight excluding hydrogens is 218 g/mol. The van der Waals surface area contributed by atoms with Crippen LogP contribution >= 0.6 is 0 Å². The maximum absolute atomic E-state index is 11.6. The molecule has 5 heteroatoms. The number of nitrogens with zero attached hydrogens (tertiary/aromatic N) is 2. The van der Waals surface area contributed by atoms with Crippen LogP contribution in [-0.2, 0) is 11.2 Å². The summed E-state index contributed by atoms with van der Waals surface area (Å²) in [5.74, 6) is -0.239. The second-order valence-corrected chi connectivity index (χ2v) is 4.58. The predicted molar refractivity (Wildman–Crippen MR) is 62.3 cm³/mol. The van der Waals surface area contributed by atoms with E-state index in [1.165, 1.54) is 0 Å². The van der Waals surface area contributed by atoms with E-state index in [4.69, 9.17) is 0 Å². The molecule has 5 nitrogen and oxygen atoms in total. The van der Waals surface area contributed by atoms with Crippen LogP contribution in [0.25, 0.3) is 0 Å². The van der Waals surface area contributed by atoms with Crippen LogP contribution in [0.1, 0.15) is 19.4 Å². The van der Waals surface area contributed by atoms with Crippen molar-refractivity contribution in [2.24, 2.45) is 0 Å². The van der Waals surface area contributed by atoms with E-state index >= 15 is 0 Å². The fourth-order valence-corrected chi connectivity index (χ4v) is 1.87. The minimum absolute atomic E-state index is 0.239. The second-order valence-electron chi connectivity index (χ2n) is 4.58. The van der Waals surface area contributed by atoms with E-state index in [2.05, 4.69) is 10.3 Å². The van der Waals surface area contributed by atoms with E-state index in [-0.39, 0.29) is 11.9 Å². The van der Waals surface area contributed by atoms with Gasteiger partial charge in [0.15, 0.2) is 0 Å². The number of amides is 3. The number of carbonyl (C=O) groups is 2. The maximum Gasteiger partial charge on any atom is 0.325 e. The summed E-state index contributed by atoms with van der Waals surface area (Å²) in [5.41, 5.74) is 0.340. The molecule has 1 N–H and O–H groups in total. The van der Waals surface area contributed by atoms with E-state index in [0.29, 0.717) is 13.0 Å². The van der Waals surface area contributed by atoms with Crippen molar-refractivity contribution in [2.45, 2.75) is 25.8 Å². The number of hydrogen-bond donors (Lipinski definition) is 1. The lowest BCUT2D eigenvalue weighted by molar-refractivity contribution is -0.125. The van der Waals surface area contributed by atoms with Crippen LogP contribution in [0.2, 0.25) is 0 Å². The summed E-state index contributed by atoms with van der Waals surface area (Å²) in [6.45, 7) is 4.02. The lowest BCUT2D eigenvalue weighted by Gasteiger charge is -2.27. The van der Waals surface area contributed by atoms with Gasteiger partial charge in [0.25, 0.3) is 5.91 Å². The highest BCUT2D eigenvalue weighted by Crippen LogP contribution is 2.20. The molecule has 1 aromatic heterocycles. The molecule has 0 radical (unpaired) electrons. The fraction of sp³-hybridized carbons (Fsp3) is 0.417. The molecule has 0 unspecified atom stereocenters. The Morgan fingerprint density at radius 3 is 2.47 bits per heavy atom. The van der Waals surface area contributed by atoms with Crippen LogP contribution in [0.3, 0.4) is 0 Å². The summed E-state index contributed by atoms with van der Waals surface area (Å²) in [6.07, 6.45) is 4.15. The summed E-state index contributed by atoms with van der Waals surface area (Å²) >= 11 is 0. The van der Waals surface area contributed by atoms with Gasteiger partial charge in [0.1, 0.15) is 5.54 Å². The minimum Gasteiger partial charge on any atom is -0.310 e. The first-order valence-electron chi connectivity index (χ1n) is 5.54. The van der Waals surface area contributed by atoms with Crippen molar-refractivity contribution in [1.82, 2.24) is 15.2 Å². The molecule has 2 heterocycles. The van der Waals surface area contributed by atoms with Gasteiger partial charge in [0, 0.05) is 18.9 Å². The van der Waals surface area contributed by atoms with Crippen molar-refractivity contribution in [1.29, 1.82) is 0 Å². The topological polar surface area (TPSA) is 62.3 Å². The van der Waals surface area contributed by atoms with Crippen LogP contribution in [0.4, 0.5) is 4.79 Å². The highest BCUT2D eigenvalue weighted by atomic mass is 16.2. The summed E-state index contributed by atoms with van der Waals surface area (Å²) in [5, 5.41) is 2.33. The Bertz CT molecular complexity index is 442. The highest BCUT2D eigenvalue weighted by Gasteiger charge is 2.44. The molecule has 2 rings (SSSR count). The van der Waals surface area contributed by atoms with Crippen LogP contribution in [0.15, 0.2) is 24.5 Å². The van der Waals surface area contributed by atoms with Crippen molar-refractivity contribution in [3.8, 4) is 0 Å². The molecule has 1 aromatic rings. The smallest absolute Gasteiger partial charge is 0.310 e. The molecule has 17 heavy (non-hydrogen) atoms. The van der Waals surface area contributed by atoms with Gasteiger partial charge in [-0.05, 0) is 38.0 Å². The third-order valence-corrected chi connectivity index (χ3v) is 3.07. The second kappa shape index (κ2) is 4.16. The van der Waals surface area contributed by atoms with Crippen LogP contribution in [0, 0.1) is 0 Å². The minimum atomic E-state index is -0.760. The lowest BCUT2D eigenvalue weighted by atomic mass is 10.0. The molecule has 3 amide bonds. The Morgan fingerprint density at radius 1 is 1.29 bits per heavy atom. The molecule has 1 aliphatic heterocycles. The summed E-state index contributed by atoms with van der Waals surface area (Å²) in [4.78, 5) is 28.6. The number of imide groups is 1. The number of urea groups is 1. The normalized spacial score (nSPS) is 18.4. The number of carbonyl (C=O) groups excluding carboxylic acids is 2. The van der Waals surface area contributed by atoms with Crippen molar-refractivity contribution in [3.63, 3.8) is 0 Å². The molecule has 0 atom stereocenters. The standard InChI is InChI=1S/C12H15N3O2/c1-12(2)10(16)14-11(17)15(12)8-5-9-3-6-13-7-4-9/h3-4,6-7H,5,8H2,1-2H3,(H,14,16,17). The molecule has 0 spiro atoms. The van der Waals surface area contributed by atoms with Crippen LogP contribution < -0.4 is 5.32 Å². The zero-order valence-electron chi connectivity index (χ0n) is 9.93. The van der Waals surface area contributed by atoms with E-state index < -0.39 is 5.54 Å². The Balaban J connectivity index is 2.04. The molecule has 0 bridgehead atoms. The number of pyridine rings is 1. The maximum atomic E-state index is 11.6. The monoisotopic (exact) mass is 233 g/mol. The van der Waals surface area contributed by atoms with E-state index in [9.17, 15) is 9.59 Å². The molecule has 0 aliphatic carbocycles. The molecule has 90 valence electrons. The molecule has 0 aromatic carbocycles. The van der Waals surface area contributed by atoms with Gasteiger partial charge >= 0.3 is 6.03 Å². The van der Waals surface area contributed by atoms with Crippen molar-refractivity contribution >= 4 is 11.9 Å². The van der Waals surface area contributed by atoms with Gasteiger partial charge in [0.05, 0.1) is 0 Å². The molecular formula is C12H15N3O2. The Kier molecular flexibility index (Phi) is 2.83. The zero-order valence-corrected chi connectivity index (χ0v) is 9.93. The average molecular weight is 233 g/mol. The SMILES string of the molecule is CC1(C)C(=O)NC(=O)N1CCc1ccncc1. The summed E-state index contributed by atoms with van der Waals surface area (Å²) in [7, 11) is 0. The van der Waals surface area contributed by atoms with Gasteiger partial charge in [-0.2, -0.15) is 0 Å². The van der Waals surface area contributed by atoms with Gasteiger partial charge in [-0.25, -0.2) is 4.79 Å². The molecule has 1 aliphatic rings.